The number of Topliss-reactive ketones (excluding diaryl/α,β-unsaturated/α-hetero) is 1. The number of aliphatic hydroxyl groups excluding tert-OH is 1. The lowest BCUT2D eigenvalue weighted by Crippen LogP contribution is -2.29. The number of benzene rings is 3. The van der Waals surface area contributed by atoms with Crippen LogP contribution in [-0.2, 0) is 9.59 Å². The van der Waals surface area contributed by atoms with E-state index in [9.17, 15) is 14.7 Å². The predicted octanol–water partition coefficient (Wildman–Crippen LogP) is 5.72. The fourth-order valence-corrected chi connectivity index (χ4v) is 4.22. The number of carbonyl (C=O) groups is 2. The number of aliphatic hydroxyl groups is 1. The van der Waals surface area contributed by atoms with E-state index in [1.54, 1.807) is 24.3 Å². The van der Waals surface area contributed by atoms with Crippen LogP contribution in [0.25, 0.3) is 5.76 Å². The summed E-state index contributed by atoms with van der Waals surface area (Å²) in [6, 6.07) is 21.3. The molecule has 3 aromatic rings. The summed E-state index contributed by atoms with van der Waals surface area (Å²) in [6.45, 7) is 6.53. The van der Waals surface area contributed by atoms with Gasteiger partial charge in [0.2, 0.25) is 0 Å². The van der Waals surface area contributed by atoms with Crippen LogP contribution >= 0.6 is 0 Å². The Labute approximate surface area is 193 Å². The van der Waals surface area contributed by atoms with E-state index in [0.717, 1.165) is 23.1 Å². The summed E-state index contributed by atoms with van der Waals surface area (Å²) < 4.78 is 5.61. The molecule has 33 heavy (non-hydrogen) atoms. The van der Waals surface area contributed by atoms with E-state index in [1.807, 2.05) is 69.3 Å². The molecule has 4 rings (SSSR count). The Morgan fingerprint density at radius 1 is 0.939 bits per heavy atom. The van der Waals surface area contributed by atoms with Crippen molar-refractivity contribution < 1.29 is 19.4 Å². The molecule has 1 heterocycles. The minimum Gasteiger partial charge on any atom is -0.507 e. The Morgan fingerprint density at radius 3 is 2.18 bits per heavy atom. The molecule has 5 heteroatoms. The Kier molecular flexibility index (Phi) is 6.31. The van der Waals surface area contributed by atoms with Crippen LogP contribution in [0.4, 0.5) is 5.69 Å². The third kappa shape index (κ3) is 4.40. The average molecular weight is 442 g/mol. The zero-order valence-electron chi connectivity index (χ0n) is 19.0. The molecule has 5 nitrogen and oxygen atoms in total. The van der Waals surface area contributed by atoms with Crippen molar-refractivity contribution in [2.75, 3.05) is 11.5 Å². The maximum atomic E-state index is 13.2. The van der Waals surface area contributed by atoms with Crippen LogP contribution in [-0.4, -0.2) is 23.4 Å². The van der Waals surface area contributed by atoms with E-state index >= 15 is 0 Å². The van der Waals surface area contributed by atoms with Crippen molar-refractivity contribution in [3.05, 3.63) is 101 Å². The maximum Gasteiger partial charge on any atom is 0.300 e. The number of hydrogen-bond donors (Lipinski definition) is 1. The highest BCUT2D eigenvalue weighted by Gasteiger charge is 2.47. The number of ether oxygens (including phenoxy) is 1. The molecule has 3 aromatic carbocycles. The second-order valence-electron chi connectivity index (χ2n) is 8.30. The van der Waals surface area contributed by atoms with Gasteiger partial charge in [-0.3, -0.25) is 14.5 Å². The van der Waals surface area contributed by atoms with Gasteiger partial charge < -0.3 is 9.84 Å². The Morgan fingerprint density at radius 2 is 1.58 bits per heavy atom. The minimum absolute atomic E-state index is 0.0765. The lowest BCUT2D eigenvalue weighted by Gasteiger charge is -2.26. The van der Waals surface area contributed by atoms with E-state index in [4.69, 9.17) is 4.74 Å². The number of anilines is 1. The lowest BCUT2D eigenvalue weighted by molar-refractivity contribution is -0.132. The van der Waals surface area contributed by atoms with E-state index in [2.05, 4.69) is 0 Å². The van der Waals surface area contributed by atoms with Crippen LogP contribution in [0.2, 0.25) is 0 Å². The van der Waals surface area contributed by atoms with Gasteiger partial charge in [-0.2, -0.15) is 0 Å². The van der Waals surface area contributed by atoms with Crippen LogP contribution in [0.5, 0.6) is 5.75 Å². The van der Waals surface area contributed by atoms with Gasteiger partial charge in [-0.15, -0.1) is 0 Å². The van der Waals surface area contributed by atoms with Crippen molar-refractivity contribution >= 4 is 23.1 Å². The SMILES string of the molecule is CCCOc1ccc(/C(O)=C2\C(=O)C(=O)N(c3cc(C)cc(C)c3)C2c2ccccc2)cc1. The van der Waals surface area contributed by atoms with E-state index in [0.29, 0.717) is 23.6 Å². The monoisotopic (exact) mass is 441 g/mol. The van der Waals surface area contributed by atoms with Gasteiger partial charge >= 0.3 is 0 Å². The predicted molar refractivity (Wildman–Crippen MR) is 129 cm³/mol. The van der Waals surface area contributed by atoms with Crippen molar-refractivity contribution in [2.24, 2.45) is 0 Å². The topological polar surface area (TPSA) is 66.8 Å². The molecular weight excluding hydrogens is 414 g/mol. The third-order valence-electron chi connectivity index (χ3n) is 5.64. The van der Waals surface area contributed by atoms with Gasteiger partial charge in [-0.05, 0) is 73.4 Å². The minimum atomic E-state index is -0.733. The van der Waals surface area contributed by atoms with Gasteiger partial charge in [0, 0.05) is 11.3 Å². The summed E-state index contributed by atoms with van der Waals surface area (Å²) >= 11 is 0. The molecular formula is C28H27NO4. The number of rotatable bonds is 6. The van der Waals surface area contributed by atoms with Crippen molar-refractivity contribution in [2.45, 2.75) is 33.2 Å². The van der Waals surface area contributed by atoms with Gasteiger partial charge in [-0.1, -0.05) is 43.3 Å². The molecule has 1 amide bonds. The van der Waals surface area contributed by atoms with Crippen LogP contribution < -0.4 is 9.64 Å². The molecule has 1 aliphatic rings. The molecule has 0 aromatic heterocycles. The second-order valence-corrected chi connectivity index (χ2v) is 8.30. The molecule has 1 N–H and O–H groups in total. The number of nitrogens with zero attached hydrogens (tertiary/aromatic N) is 1. The molecule has 1 unspecified atom stereocenters. The molecule has 0 saturated carbocycles. The van der Waals surface area contributed by atoms with E-state index in [1.165, 1.54) is 4.90 Å². The first-order chi connectivity index (χ1) is 15.9. The zero-order chi connectivity index (χ0) is 23.5. The fraction of sp³-hybridized carbons (Fsp3) is 0.214. The Balaban J connectivity index is 1.85. The van der Waals surface area contributed by atoms with Crippen molar-refractivity contribution in [3.63, 3.8) is 0 Å². The van der Waals surface area contributed by atoms with E-state index < -0.39 is 17.7 Å². The first-order valence-electron chi connectivity index (χ1n) is 11.1. The molecule has 1 saturated heterocycles. The van der Waals surface area contributed by atoms with Gasteiger partial charge in [0.25, 0.3) is 11.7 Å². The maximum absolute atomic E-state index is 13.2. The Hall–Kier alpha value is -3.86. The molecule has 0 spiro atoms. The molecule has 1 fully saturated rings. The molecule has 0 aliphatic carbocycles. The highest BCUT2D eigenvalue weighted by Crippen LogP contribution is 2.42. The number of ketones is 1. The van der Waals surface area contributed by atoms with Crippen LogP contribution in [0.1, 0.15) is 41.6 Å². The molecule has 1 aliphatic heterocycles. The fourth-order valence-electron chi connectivity index (χ4n) is 4.22. The first kappa shape index (κ1) is 22.3. The molecule has 1 atom stereocenters. The largest absolute Gasteiger partial charge is 0.507 e. The number of aryl methyl sites for hydroxylation is 2. The molecule has 0 bridgehead atoms. The number of carbonyl (C=O) groups excluding carboxylic acids is 2. The van der Waals surface area contributed by atoms with E-state index in [-0.39, 0.29) is 11.3 Å². The van der Waals surface area contributed by atoms with Crippen molar-refractivity contribution in [3.8, 4) is 5.75 Å². The lowest BCUT2D eigenvalue weighted by atomic mass is 9.95. The average Bonchev–Trinajstić information content (AvgIpc) is 3.08. The van der Waals surface area contributed by atoms with Gasteiger partial charge in [0.15, 0.2) is 0 Å². The molecule has 168 valence electrons. The summed E-state index contributed by atoms with van der Waals surface area (Å²) in [5, 5.41) is 11.2. The van der Waals surface area contributed by atoms with Gasteiger partial charge in [0.05, 0.1) is 18.2 Å². The van der Waals surface area contributed by atoms with Crippen LogP contribution in [0.3, 0.4) is 0 Å². The quantitative estimate of drug-likeness (QED) is 0.302. The van der Waals surface area contributed by atoms with Crippen molar-refractivity contribution in [1.82, 2.24) is 0 Å². The Bertz CT molecular complexity index is 1190. The normalized spacial score (nSPS) is 17.4. The standard InChI is InChI=1S/C28H27NO4/c1-4-14-33-23-12-10-21(11-13-23)26(30)24-25(20-8-6-5-7-9-20)29(28(32)27(24)31)22-16-18(2)15-19(3)17-22/h5-13,15-17,25,30H,4,14H2,1-3H3/b26-24+. The summed E-state index contributed by atoms with van der Waals surface area (Å²) in [4.78, 5) is 28.0. The van der Waals surface area contributed by atoms with Gasteiger partial charge in [-0.25, -0.2) is 0 Å². The summed E-state index contributed by atoms with van der Waals surface area (Å²) in [5.74, 6) is -0.870. The summed E-state index contributed by atoms with van der Waals surface area (Å²) in [7, 11) is 0. The summed E-state index contributed by atoms with van der Waals surface area (Å²) in [5.41, 5.74) is 3.89. The van der Waals surface area contributed by atoms with Gasteiger partial charge in [0.1, 0.15) is 11.5 Å². The first-order valence-corrected chi connectivity index (χ1v) is 11.1. The zero-order valence-corrected chi connectivity index (χ0v) is 19.0. The smallest absolute Gasteiger partial charge is 0.300 e. The highest BCUT2D eigenvalue weighted by atomic mass is 16.5. The highest BCUT2D eigenvalue weighted by molar-refractivity contribution is 6.51. The summed E-state index contributed by atoms with van der Waals surface area (Å²) in [6.07, 6.45) is 0.890. The molecule has 0 radical (unpaired) electrons. The van der Waals surface area contributed by atoms with Crippen LogP contribution in [0.15, 0.2) is 78.4 Å². The second kappa shape index (κ2) is 9.33. The number of amides is 1. The van der Waals surface area contributed by atoms with Crippen molar-refractivity contribution in [1.29, 1.82) is 0 Å². The third-order valence-corrected chi connectivity index (χ3v) is 5.64. The number of hydrogen-bond acceptors (Lipinski definition) is 4. The van der Waals surface area contributed by atoms with Crippen LogP contribution in [0, 0.1) is 13.8 Å².